The first kappa shape index (κ1) is 17.3. The van der Waals surface area contributed by atoms with E-state index in [1.165, 1.54) is 19.3 Å². The van der Waals surface area contributed by atoms with E-state index in [1.807, 2.05) is 12.1 Å². The van der Waals surface area contributed by atoms with Crippen molar-refractivity contribution in [3.05, 3.63) is 24.2 Å². The molecule has 0 aliphatic rings. The van der Waals surface area contributed by atoms with E-state index in [-0.39, 0.29) is 24.0 Å². The summed E-state index contributed by atoms with van der Waals surface area (Å²) in [5.41, 5.74) is 0. The maximum Gasteiger partial charge on any atom is 0.191 e. The van der Waals surface area contributed by atoms with Crippen LogP contribution in [0.4, 0.5) is 0 Å². The van der Waals surface area contributed by atoms with E-state index in [0.29, 0.717) is 6.54 Å². The number of nitrogens with one attached hydrogen (secondary N) is 2. The molecule has 1 aromatic rings. The van der Waals surface area contributed by atoms with Crippen LogP contribution in [-0.2, 0) is 6.54 Å². The van der Waals surface area contributed by atoms with E-state index in [4.69, 9.17) is 4.42 Å². The highest BCUT2D eigenvalue weighted by molar-refractivity contribution is 14.0. The molecule has 0 saturated carbocycles. The molecule has 0 amide bonds. The Labute approximate surface area is 127 Å². The Bertz CT molecular complexity index is 312. The van der Waals surface area contributed by atoms with Gasteiger partial charge in [-0.1, -0.05) is 19.8 Å². The Kier molecular flexibility index (Phi) is 10.9. The third-order valence-electron chi connectivity index (χ3n) is 2.39. The highest BCUT2D eigenvalue weighted by atomic mass is 127. The van der Waals surface area contributed by atoms with E-state index in [2.05, 4.69) is 29.5 Å². The average Bonchev–Trinajstić information content (AvgIpc) is 2.84. The summed E-state index contributed by atoms with van der Waals surface area (Å²) in [6, 6.07) is 3.82. The fourth-order valence-corrected chi connectivity index (χ4v) is 1.48. The molecule has 2 N–H and O–H groups in total. The lowest BCUT2D eigenvalue weighted by Crippen LogP contribution is -2.37. The molecule has 0 aromatic carbocycles. The molecule has 0 fully saturated rings. The molecule has 0 bridgehead atoms. The highest BCUT2D eigenvalue weighted by Crippen LogP contribution is 2.01. The van der Waals surface area contributed by atoms with Crippen molar-refractivity contribution < 1.29 is 4.42 Å². The molecule has 4 nitrogen and oxygen atoms in total. The van der Waals surface area contributed by atoms with Crippen molar-refractivity contribution in [2.75, 3.05) is 13.1 Å². The van der Waals surface area contributed by atoms with Crippen LogP contribution in [0.3, 0.4) is 0 Å². The Morgan fingerprint density at radius 1 is 1.28 bits per heavy atom. The molecule has 0 unspecified atom stereocenters. The summed E-state index contributed by atoms with van der Waals surface area (Å²) in [6.45, 7) is 6.69. The van der Waals surface area contributed by atoms with E-state index in [0.717, 1.165) is 24.8 Å². The molecule has 0 spiro atoms. The third kappa shape index (κ3) is 7.58. The largest absolute Gasteiger partial charge is 0.467 e. The molecule has 18 heavy (non-hydrogen) atoms. The summed E-state index contributed by atoms with van der Waals surface area (Å²) in [5.74, 6) is 1.75. The minimum atomic E-state index is 0. The van der Waals surface area contributed by atoms with Gasteiger partial charge in [0.1, 0.15) is 12.3 Å². The molecule has 1 aromatic heterocycles. The Hall–Kier alpha value is -0.720. The van der Waals surface area contributed by atoms with Crippen molar-refractivity contribution in [2.45, 2.75) is 39.7 Å². The summed E-state index contributed by atoms with van der Waals surface area (Å²) in [5, 5.41) is 6.53. The maximum absolute atomic E-state index is 5.24. The zero-order valence-corrected chi connectivity index (χ0v) is 13.6. The van der Waals surface area contributed by atoms with E-state index < -0.39 is 0 Å². The number of aliphatic imine (C=N–C) groups is 1. The first-order chi connectivity index (χ1) is 8.36. The number of hydrogen-bond acceptors (Lipinski definition) is 2. The lowest BCUT2D eigenvalue weighted by Gasteiger charge is -2.10. The van der Waals surface area contributed by atoms with Crippen molar-refractivity contribution in [1.29, 1.82) is 0 Å². The highest BCUT2D eigenvalue weighted by Gasteiger charge is 1.98. The molecule has 5 heteroatoms. The number of halogens is 1. The minimum Gasteiger partial charge on any atom is -0.467 e. The summed E-state index contributed by atoms with van der Waals surface area (Å²) in [4.78, 5) is 4.45. The van der Waals surface area contributed by atoms with Gasteiger partial charge in [0, 0.05) is 13.1 Å². The monoisotopic (exact) mass is 365 g/mol. The molecule has 0 radical (unpaired) electrons. The van der Waals surface area contributed by atoms with Crippen molar-refractivity contribution in [1.82, 2.24) is 10.6 Å². The lowest BCUT2D eigenvalue weighted by atomic mass is 10.2. The van der Waals surface area contributed by atoms with Crippen LogP contribution in [-0.4, -0.2) is 19.0 Å². The predicted octanol–water partition coefficient (Wildman–Crippen LogP) is 3.14. The number of nitrogens with zero attached hydrogens (tertiary/aromatic N) is 1. The van der Waals surface area contributed by atoms with Gasteiger partial charge in [0.05, 0.1) is 6.26 Å². The smallest absolute Gasteiger partial charge is 0.191 e. The standard InChI is InChI=1S/C13H23N3O.HI/c1-3-5-6-9-15-13(14-4-2)16-11-12-8-7-10-17-12;/h7-8,10H,3-6,9,11H2,1-2H3,(H2,14,15,16);1H. The van der Waals surface area contributed by atoms with Crippen molar-refractivity contribution >= 4 is 29.9 Å². The fraction of sp³-hybridized carbons (Fsp3) is 0.615. The van der Waals surface area contributed by atoms with Gasteiger partial charge in [0.2, 0.25) is 0 Å². The summed E-state index contributed by atoms with van der Waals surface area (Å²) >= 11 is 0. The SMILES string of the molecule is CCCCCNC(=NCc1ccco1)NCC.I. The molecule has 0 saturated heterocycles. The maximum atomic E-state index is 5.24. The quantitative estimate of drug-likeness (QED) is 0.338. The van der Waals surface area contributed by atoms with Crippen LogP contribution in [0.15, 0.2) is 27.8 Å². The molecular weight excluding hydrogens is 341 g/mol. The van der Waals surface area contributed by atoms with Crippen LogP contribution in [0.1, 0.15) is 38.9 Å². The number of hydrogen-bond donors (Lipinski definition) is 2. The van der Waals surface area contributed by atoms with Gasteiger partial charge in [-0.05, 0) is 25.5 Å². The molecule has 1 rings (SSSR count). The minimum absolute atomic E-state index is 0. The van der Waals surface area contributed by atoms with Gasteiger partial charge in [-0.15, -0.1) is 24.0 Å². The van der Waals surface area contributed by atoms with Crippen LogP contribution < -0.4 is 10.6 Å². The normalized spacial score (nSPS) is 10.9. The van der Waals surface area contributed by atoms with Crippen molar-refractivity contribution in [2.24, 2.45) is 4.99 Å². The average molecular weight is 365 g/mol. The van der Waals surface area contributed by atoms with Crippen LogP contribution in [0, 0.1) is 0 Å². The Balaban J connectivity index is 0.00000289. The van der Waals surface area contributed by atoms with Crippen LogP contribution in [0.5, 0.6) is 0 Å². The van der Waals surface area contributed by atoms with Gasteiger partial charge in [-0.3, -0.25) is 0 Å². The van der Waals surface area contributed by atoms with Gasteiger partial charge < -0.3 is 15.1 Å². The molecule has 0 aliphatic heterocycles. The second-order valence-corrected chi connectivity index (χ2v) is 3.91. The fourth-order valence-electron chi connectivity index (χ4n) is 1.48. The predicted molar refractivity (Wildman–Crippen MR) is 86.5 cm³/mol. The Morgan fingerprint density at radius 2 is 2.11 bits per heavy atom. The summed E-state index contributed by atoms with van der Waals surface area (Å²) in [7, 11) is 0. The van der Waals surface area contributed by atoms with Crippen LogP contribution >= 0.6 is 24.0 Å². The third-order valence-corrected chi connectivity index (χ3v) is 2.39. The number of unbranched alkanes of at least 4 members (excludes halogenated alkanes) is 2. The van der Waals surface area contributed by atoms with Gasteiger partial charge in [0.15, 0.2) is 5.96 Å². The van der Waals surface area contributed by atoms with E-state index >= 15 is 0 Å². The topological polar surface area (TPSA) is 49.6 Å². The summed E-state index contributed by atoms with van der Waals surface area (Å²) in [6.07, 6.45) is 5.35. The molecule has 0 atom stereocenters. The van der Waals surface area contributed by atoms with Crippen LogP contribution in [0.25, 0.3) is 0 Å². The Morgan fingerprint density at radius 3 is 2.72 bits per heavy atom. The number of furan rings is 1. The zero-order chi connectivity index (χ0) is 12.3. The van der Waals surface area contributed by atoms with E-state index in [9.17, 15) is 0 Å². The van der Waals surface area contributed by atoms with Gasteiger partial charge >= 0.3 is 0 Å². The lowest BCUT2D eigenvalue weighted by molar-refractivity contribution is 0.512. The molecule has 0 aliphatic carbocycles. The second-order valence-electron chi connectivity index (χ2n) is 3.91. The first-order valence-electron chi connectivity index (χ1n) is 6.41. The zero-order valence-electron chi connectivity index (χ0n) is 11.2. The van der Waals surface area contributed by atoms with Gasteiger partial charge in [-0.25, -0.2) is 4.99 Å². The number of guanidine groups is 1. The molecule has 104 valence electrons. The van der Waals surface area contributed by atoms with Crippen molar-refractivity contribution in [3.63, 3.8) is 0 Å². The van der Waals surface area contributed by atoms with Crippen LogP contribution in [0.2, 0.25) is 0 Å². The van der Waals surface area contributed by atoms with E-state index in [1.54, 1.807) is 6.26 Å². The van der Waals surface area contributed by atoms with Crippen molar-refractivity contribution in [3.8, 4) is 0 Å². The van der Waals surface area contributed by atoms with Gasteiger partial charge in [-0.2, -0.15) is 0 Å². The summed E-state index contributed by atoms with van der Waals surface area (Å²) < 4.78 is 5.24. The number of rotatable bonds is 7. The molecular formula is C13H24IN3O. The first-order valence-corrected chi connectivity index (χ1v) is 6.41. The second kappa shape index (κ2) is 11.4. The van der Waals surface area contributed by atoms with Gasteiger partial charge in [0.25, 0.3) is 0 Å². The molecule has 1 heterocycles.